The van der Waals surface area contributed by atoms with Crippen LogP contribution >= 0.6 is 0 Å². The Morgan fingerprint density at radius 1 is 1.12 bits per heavy atom. The third-order valence-electron chi connectivity index (χ3n) is 5.47. The molecule has 0 aliphatic rings. The van der Waals surface area contributed by atoms with E-state index in [1.807, 2.05) is 24.3 Å². The summed E-state index contributed by atoms with van der Waals surface area (Å²) in [7, 11) is -2.66. The predicted molar refractivity (Wildman–Crippen MR) is 133 cm³/mol. The summed E-state index contributed by atoms with van der Waals surface area (Å²) in [6.07, 6.45) is 1.10. The molecule has 34 heavy (non-hydrogen) atoms. The van der Waals surface area contributed by atoms with E-state index in [4.69, 9.17) is 4.74 Å². The number of ether oxygens (including phenoxy) is 1. The zero-order valence-corrected chi connectivity index (χ0v) is 21.0. The first-order valence-corrected chi connectivity index (χ1v) is 12.9. The zero-order chi connectivity index (χ0) is 25.5. The van der Waals surface area contributed by atoms with Gasteiger partial charge in [0.25, 0.3) is 5.69 Å². The fraction of sp³-hybridized carbons (Fsp3) is 0.435. The zero-order valence-electron chi connectivity index (χ0n) is 20.1. The third kappa shape index (κ3) is 6.37. The molecule has 1 N–H and O–H groups in total. The van der Waals surface area contributed by atoms with Gasteiger partial charge in [-0.25, -0.2) is 8.42 Å². The van der Waals surface area contributed by atoms with Crippen LogP contribution in [0.5, 0.6) is 5.75 Å². The number of sulfonamides is 1. The molecule has 0 unspecified atom stereocenters. The van der Waals surface area contributed by atoms with Gasteiger partial charge in [-0.3, -0.25) is 19.2 Å². The topological polar surface area (TPSA) is 122 Å². The Morgan fingerprint density at radius 3 is 2.21 bits per heavy atom. The Morgan fingerprint density at radius 2 is 1.74 bits per heavy atom. The van der Waals surface area contributed by atoms with Gasteiger partial charge >= 0.3 is 0 Å². The molecule has 11 heteroatoms. The van der Waals surface area contributed by atoms with E-state index in [2.05, 4.69) is 24.1 Å². The highest BCUT2D eigenvalue weighted by Crippen LogP contribution is 2.35. The van der Waals surface area contributed by atoms with E-state index in [0.29, 0.717) is 0 Å². The van der Waals surface area contributed by atoms with Crippen LogP contribution in [0.3, 0.4) is 0 Å². The lowest BCUT2D eigenvalue weighted by molar-refractivity contribution is -0.384. The Labute approximate surface area is 200 Å². The molecule has 2 aromatic carbocycles. The van der Waals surface area contributed by atoms with Crippen LogP contribution in [0.15, 0.2) is 42.5 Å². The lowest BCUT2D eigenvalue weighted by Gasteiger charge is -2.31. The van der Waals surface area contributed by atoms with Crippen LogP contribution in [0, 0.1) is 10.1 Å². The van der Waals surface area contributed by atoms with Crippen LogP contribution < -0.4 is 19.3 Å². The second kappa shape index (κ2) is 11.7. The Hall–Kier alpha value is -3.34. The van der Waals surface area contributed by atoms with Gasteiger partial charge in [0.2, 0.25) is 15.9 Å². The van der Waals surface area contributed by atoms with Crippen molar-refractivity contribution in [1.82, 2.24) is 5.32 Å². The molecular weight excluding hydrogens is 460 g/mol. The molecule has 0 aliphatic carbocycles. The van der Waals surface area contributed by atoms with Gasteiger partial charge in [-0.2, -0.15) is 0 Å². The van der Waals surface area contributed by atoms with Crippen molar-refractivity contribution in [3.8, 4) is 5.75 Å². The first-order valence-electron chi connectivity index (χ1n) is 11.0. The highest BCUT2D eigenvalue weighted by atomic mass is 32.2. The van der Waals surface area contributed by atoms with Crippen LogP contribution in [-0.2, 0) is 21.4 Å². The number of hydrogen-bond acceptors (Lipinski definition) is 7. The molecular formula is C23H32N4O6S. The maximum Gasteiger partial charge on any atom is 0.271 e. The average Bonchev–Trinajstić information content (AvgIpc) is 2.81. The molecule has 1 amide bonds. The standard InChI is InChI=1S/C23H32N4O6S/c1-6-20(23(28)24-16-17-9-11-18(12-10-17)25(7-2)8-3)26(34(5,31)32)21-15-19(27(29)30)13-14-22(21)33-4/h9-15,20H,6-8,16H2,1-5H3,(H,24,28)/t20-/m1/s1. The summed E-state index contributed by atoms with van der Waals surface area (Å²) in [5.41, 5.74) is 1.56. The van der Waals surface area contributed by atoms with E-state index in [1.54, 1.807) is 6.92 Å². The number of carbonyl (C=O) groups is 1. The van der Waals surface area contributed by atoms with E-state index >= 15 is 0 Å². The molecule has 2 rings (SSSR count). The van der Waals surface area contributed by atoms with Gasteiger partial charge in [0.05, 0.1) is 18.3 Å². The summed E-state index contributed by atoms with van der Waals surface area (Å²) in [4.78, 5) is 25.9. The van der Waals surface area contributed by atoms with Crippen molar-refractivity contribution in [1.29, 1.82) is 0 Å². The van der Waals surface area contributed by atoms with Crippen LogP contribution in [0.1, 0.15) is 32.8 Å². The molecule has 0 heterocycles. The highest BCUT2D eigenvalue weighted by molar-refractivity contribution is 7.92. The minimum Gasteiger partial charge on any atom is -0.495 e. The SMILES string of the molecule is CC[C@H](C(=O)NCc1ccc(N(CC)CC)cc1)N(c1cc([N+](=O)[O-])ccc1OC)S(C)(=O)=O. The fourth-order valence-corrected chi connectivity index (χ4v) is 4.93. The second-order valence-electron chi connectivity index (χ2n) is 7.65. The van der Waals surface area contributed by atoms with Gasteiger partial charge in [-0.15, -0.1) is 0 Å². The lowest BCUT2D eigenvalue weighted by Crippen LogP contribution is -2.49. The molecule has 0 spiro atoms. The number of amides is 1. The number of rotatable bonds is 12. The number of non-ortho nitro benzene ring substituents is 1. The molecule has 10 nitrogen and oxygen atoms in total. The van der Waals surface area contributed by atoms with Crippen LogP contribution in [0.2, 0.25) is 0 Å². The normalized spacial score (nSPS) is 12.0. The Kier molecular flexibility index (Phi) is 9.25. The average molecular weight is 493 g/mol. The molecule has 0 aromatic heterocycles. The van der Waals surface area contributed by atoms with Crippen molar-refractivity contribution in [2.45, 2.75) is 39.8 Å². The lowest BCUT2D eigenvalue weighted by atomic mass is 10.1. The number of nitrogens with zero attached hydrogens (tertiary/aromatic N) is 3. The molecule has 0 radical (unpaired) electrons. The van der Waals surface area contributed by atoms with E-state index in [9.17, 15) is 23.3 Å². The molecule has 1 atom stereocenters. The maximum absolute atomic E-state index is 13.1. The third-order valence-corrected chi connectivity index (χ3v) is 6.64. The van der Waals surface area contributed by atoms with Crippen LogP contribution in [0.25, 0.3) is 0 Å². The van der Waals surface area contributed by atoms with Crippen LogP contribution in [0.4, 0.5) is 17.1 Å². The van der Waals surface area contributed by atoms with E-state index < -0.39 is 26.9 Å². The summed E-state index contributed by atoms with van der Waals surface area (Å²) in [5.74, 6) is -0.413. The van der Waals surface area contributed by atoms with Crippen molar-refractivity contribution < 1.29 is 22.9 Å². The number of nitro benzene ring substituents is 1. The summed E-state index contributed by atoms with van der Waals surface area (Å²) in [6.45, 7) is 7.79. The number of benzene rings is 2. The van der Waals surface area contributed by atoms with Gasteiger partial charge in [0, 0.05) is 37.5 Å². The highest BCUT2D eigenvalue weighted by Gasteiger charge is 2.34. The quantitative estimate of drug-likeness (QED) is 0.356. The minimum atomic E-state index is -3.99. The summed E-state index contributed by atoms with van der Waals surface area (Å²) in [5, 5.41) is 14.1. The van der Waals surface area contributed by atoms with Gasteiger partial charge in [-0.05, 0) is 44.0 Å². The van der Waals surface area contributed by atoms with Gasteiger partial charge < -0.3 is 15.0 Å². The molecule has 2 aromatic rings. The Balaban J connectivity index is 2.32. The minimum absolute atomic E-state index is 0.0650. The fourth-order valence-electron chi connectivity index (χ4n) is 3.72. The van der Waals surface area contributed by atoms with E-state index in [1.165, 1.54) is 19.2 Å². The number of anilines is 2. The van der Waals surface area contributed by atoms with Gasteiger partial charge in [0.15, 0.2) is 0 Å². The molecule has 0 fully saturated rings. The van der Waals surface area contributed by atoms with Crippen molar-refractivity contribution in [3.05, 3.63) is 58.1 Å². The van der Waals surface area contributed by atoms with E-state index in [0.717, 1.165) is 41.0 Å². The van der Waals surface area contributed by atoms with Crippen molar-refractivity contribution >= 4 is 33.0 Å². The molecule has 0 saturated carbocycles. The molecule has 186 valence electrons. The van der Waals surface area contributed by atoms with Gasteiger partial charge in [0.1, 0.15) is 17.5 Å². The smallest absolute Gasteiger partial charge is 0.271 e. The summed E-state index contributed by atoms with van der Waals surface area (Å²) >= 11 is 0. The predicted octanol–water partition coefficient (Wildman–Crippen LogP) is 3.31. The van der Waals surface area contributed by atoms with Crippen molar-refractivity contribution in [3.63, 3.8) is 0 Å². The largest absolute Gasteiger partial charge is 0.495 e. The van der Waals surface area contributed by atoms with E-state index in [-0.39, 0.29) is 30.1 Å². The molecule has 0 bridgehead atoms. The maximum atomic E-state index is 13.1. The van der Waals surface area contributed by atoms with Gasteiger partial charge in [-0.1, -0.05) is 19.1 Å². The number of nitro groups is 1. The van der Waals surface area contributed by atoms with Crippen LogP contribution in [-0.4, -0.2) is 51.7 Å². The molecule has 0 saturated heterocycles. The number of nitrogens with one attached hydrogen (secondary N) is 1. The first kappa shape index (κ1) is 26.9. The monoisotopic (exact) mass is 492 g/mol. The number of hydrogen-bond donors (Lipinski definition) is 1. The number of carbonyl (C=O) groups excluding carboxylic acids is 1. The van der Waals surface area contributed by atoms with Crippen molar-refractivity contribution in [2.24, 2.45) is 0 Å². The van der Waals surface area contributed by atoms with Crippen molar-refractivity contribution in [2.75, 3.05) is 35.7 Å². The summed E-state index contributed by atoms with van der Waals surface area (Å²) < 4.78 is 31.6. The number of methoxy groups -OCH3 is 1. The Bertz CT molecular complexity index is 1100. The second-order valence-corrected chi connectivity index (χ2v) is 9.51. The summed E-state index contributed by atoms with van der Waals surface area (Å²) in [6, 6.07) is 10.3. The molecule has 0 aliphatic heterocycles. The first-order chi connectivity index (χ1) is 16.1.